The van der Waals surface area contributed by atoms with Crippen LogP contribution in [-0.2, 0) is 23.9 Å². The number of benzene rings is 6. The van der Waals surface area contributed by atoms with Crippen LogP contribution < -0.4 is 148 Å². The summed E-state index contributed by atoms with van der Waals surface area (Å²) in [7, 11) is -9.04. The molecule has 2 fully saturated rings. The monoisotopic (exact) mass is 1090 g/mol. The van der Waals surface area contributed by atoms with E-state index in [1.807, 2.05) is 127 Å². The quantitative estimate of drug-likeness (QED) is 0.139. The molecule has 15 nitrogen and oxygen atoms in total. The van der Waals surface area contributed by atoms with Gasteiger partial charge in [-0.15, -0.1) is 0 Å². The summed E-state index contributed by atoms with van der Waals surface area (Å²) in [5, 5.41) is 1.15. The van der Waals surface area contributed by atoms with E-state index in [4.69, 9.17) is 40.1 Å². The molecular formula is C56H48K2N2O13Si2. The van der Waals surface area contributed by atoms with Gasteiger partial charge in [0.05, 0.1) is 5.69 Å². The Morgan fingerprint density at radius 3 is 1.19 bits per heavy atom. The number of hydrogen-bond donors (Lipinski definition) is 0. The Balaban J connectivity index is 0.000000143. The zero-order valence-corrected chi connectivity index (χ0v) is 49.6. The van der Waals surface area contributed by atoms with Crippen molar-refractivity contribution in [3.8, 4) is 46.0 Å². The van der Waals surface area contributed by atoms with E-state index in [2.05, 4.69) is 13.2 Å². The van der Waals surface area contributed by atoms with E-state index in [9.17, 15) is 19.2 Å². The van der Waals surface area contributed by atoms with Crippen molar-refractivity contribution in [2.75, 3.05) is 23.0 Å². The van der Waals surface area contributed by atoms with Gasteiger partial charge in [-0.3, -0.25) is 9.59 Å². The number of amides is 4. The third-order valence-corrected chi connectivity index (χ3v) is 20.5. The maximum Gasteiger partial charge on any atom is 1.00 e. The van der Waals surface area contributed by atoms with Gasteiger partial charge in [-0.1, -0.05) is 18.2 Å². The third kappa shape index (κ3) is 9.88. The molecule has 0 radical (unpaired) electrons. The van der Waals surface area contributed by atoms with E-state index >= 15 is 0 Å². The Hall–Kier alpha value is -5.37. The molecule has 2 atom stereocenters. The van der Waals surface area contributed by atoms with Gasteiger partial charge in [-0.05, 0) is 25.0 Å². The fraction of sp³-hybridized carbons (Fsp3) is 0.143. The summed E-state index contributed by atoms with van der Waals surface area (Å²) in [4.78, 5) is 51.5. The van der Waals surface area contributed by atoms with Crippen LogP contribution in [-0.4, -0.2) is 53.5 Å². The predicted molar refractivity (Wildman–Crippen MR) is 273 cm³/mol. The zero-order valence-electron chi connectivity index (χ0n) is 41.3. The van der Waals surface area contributed by atoms with Crippen LogP contribution in [0.2, 0.25) is 0 Å². The summed E-state index contributed by atoms with van der Waals surface area (Å²) < 4.78 is 55.3. The number of rotatable bonds is 5. The Bertz CT molecular complexity index is 3050. The fourth-order valence-corrected chi connectivity index (χ4v) is 17.0. The average Bonchev–Trinajstić information content (AvgIpc) is 4.38. The molecule has 370 valence electrons. The smallest absolute Gasteiger partial charge is 0.269 e. The number of carbonyl (C=O) groups excluding carboxylic acids is 4. The molecule has 14 rings (SSSR count). The fourth-order valence-electron chi connectivity index (χ4n) is 9.71. The van der Waals surface area contributed by atoms with Crippen molar-refractivity contribution in [3.05, 3.63) is 206 Å². The molecule has 2 saturated heterocycles. The van der Waals surface area contributed by atoms with Crippen molar-refractivity contribution < 1.29 is 162 Å². The molecule has 1 aliphatic carbocycles. The third-order valence-electron chi connectivity index (χ3n) is 13.3. The van der Waals surface area contributed by atoms with Crippen LogP contribution in [0.3, 0.4) is 0 Å². The normalized spacial score (nSPS) is 21.8. The first-order valence-corrected chi connectivity index (χ1v) is 28.1. The first-order valence-electron chi connectivity index (χ1n) is 23.9. The van der Waals surface area contributed by atoms with E-state index in [1.165, 1.54) is 29.9 Å². The summed E-state index contributed by atoms with van der Waals surface area (Å²) in [5.41, 5.74) is 1.20. The number of fused-ring (bicyclic) bond motifs is 5. The maximum absolute atomic E-state index is 13.5. The van der Waals surface area contributed by atoms with Gasteiger partial charge < -0.3 is 4.74 Å². The van der Waals surface area contributed by atoms with Gasteiger partial charge in [0.1, 0.15) is 0 Å². The number of hydrogen-bond acceptors (Lipinski definition) is 13. The van der Waals surface area contributed by atoms with E-state index in [-0.39, 0.29) is 133 Å². The van der Waals surface area contributed by atoms with Crippen LogP contribution in [0.25, 0.3) is 0 Å². The standard InChI is InChI=1S/C26H20NO6Si.C16H13O4Si.C10H7NO2.C4H8O.2K/c28-25-19-15-14-18(16-20(19)26(29)27(25)17-8-2-1-3-9-17)34(30-21-10-4-5-11-22(21)31-34)32-23-12-6-7-13-24(23)33-34;1-3-12(2)21(17-13-8-4-5-9-14(13)18-21)19-15-10-6-7-11-16(15)20-21;12-9-6-7-10(13)11(9)8-4-2-1-3-5-8;1-2-4-5-3-1;;/h1-14,19-20H,15-16H2;3-11H,1-2H2;1-7H;1-4H2;;/q2*-1;;;2*+1. The van der Waals surface area contributed by atoms with Gasteiger partial charge in [0.25, 0.3) is 11.8 Å². The summed E-state index contributed by atoms with van der Waals surface area (Å²) in [6.45, 7) is 9.76. The number of anilines is 2. The number of ether oxygens (including phenoxy) is 1. The summed E-state index contributed by atoms with van der Waals surface area (Å²) in [6, 6.07) is 47.3. The number of allylic oxidation sites excluding steroid dienone is 4. The minimum absolute atomic E-state index is 0. The Morgan fingerprint density at radius 1 is 0.480 bits per heavy atom. The number of para-hydroxylation sites is 10. The minimum Gasteiger partial charge on any atom is -0.269 e. The number of nitrogens with zero attached hydrogens (tertiary/aromatic N) is 2. The molecule has 2 spiro atoms. The van der Waals surface area contributed by atoms with E-state index in [0.29, 0.717) is 74.2 Å². The number of imide groups is 2. The molecule has 4 amide bonds. The molecule has 8 aliphatic rings. The summed E-state index contributed by atoms with van der Waals surface area (Å²) in [6.07, 6.45) is 9.22. The SMILES string of the molecule is C1CCOC1.C=CC(=C)[Si-]12(Oc3ccccc3O1)Oc1ccccc1O2.O=C1C2CC=C([Si-]34(Oc5ccccc5O3)Oc3ccccc3O4)CC2C(=O)N1c1ccccc1.O=C1C=CC(=O)N1c1ccccc1.[K+].[K+]. The van der Waals surface area contributed by atoms with Crippen molar-refractivity contribution >= 4 is 51.7 Å². The van der Waals surface area contributed by atoms with Crippen LogP contribution in [0.5, 0.6) is 46.0 Å². The average molecular weight is 1090 g/mol. The topological polar surface area (TPSA) is 158 Å². The van der Waals surface area contributed by atoms with Crippen molar-refractivity contribution in [3.63, 3.8) is 0 Å². The van der Waals surface area contributed by atoms with Crippen LogP contribution in [0.4, 0.5) is 11.4 Å². The Kier molecular flexibility index (Phi) is 15.9. The largest absolute Gasteiger partial charge is 1.00 e. The zero-order chi connectivity index (χ0) is 50.3. The second kappa shape index (κ2) is 21.9. The van der Waals surface area contributed by atoms with Gasteiger partial charge in [0.2, 0.25) is 0 Å². The number of carbonyl (C=O) groups is 4. The second-order valence-corrected chi connectivity index (χ2v) is 24.4. The summed E-state index contributed by atoms with van der Waals surface area (Å²) >= 11 is 0. The minimum atomic E-state index is -4.70. The van der Waals surface area contributed by atoms with E-state index < -0.39 is 28.5 Å². The summed E-state index contributed by atoms with van der Waals surface area (Å²) in [5.74, 6) is 2.53. The molecule has 0 N–H and O–H groups in total. The molecule has 0 saturated carbocycles. The van der Waals surface area contributed by atoms with Crippen molar-refractivity contribution in [2.45, 2.75) is 25.7 Å². The Labute approximate surface area is 519 Å². The van der Waals surface area contributed by atoms with Gasteiger partial charge >= 0.3 is 421 Å². The molecule has 7 heterocycles. The molecule has 19 heteroatoms. The van der Waals surface area contributed by atoms with Gasteiger partial charge in [0.15, 0.2) is 0 Å². The molecule has 7 aliphatic heterocycles. The van der Waals surface area contributed by atoms with Gasteiger partial charge in [-0.25, -0.2) is 4.90 Å². The van der Waals surface area contributed by atoms with Crippen molar-refractivity contribution in [1.82, 2.24) is 0 Å². The van der Waals surface area contributed by atoms with E-state index in [1.54, 1.807) is 42.5 Å². The molecule has 6 aromatic rings. The molecule has 0 aromatic heterocycles. The first kappa shape index (κ1) is 54.4. The van der Waals surface area contributed by atoms with Crippen LogP contribution >= 0.6 is 0 Å². The van der Waals surface area contributed by atoms with Crippen molar-refractivity contribution in [1.29, 1.82) is 0 Å². The van der Waals surface area contributed by atoms with Crippen LogP contribution in [0, 0.1) is 11.8 Å². The Morgan fingerprint density at radius 2 is 0.827 bits per heavy atom. The first-order chi connectivity index (χ1) is 35.5. The van der Waals surface area contributed by atoms with Crippen molar-refractivity contribution in [2.24, 2.45) is 11.8 Å². The van der Waals surface area contributed by atoms with Gasteiger partial charge in [0, 0.05) is 25.4 Å². The van der Waals surface area contributed by atoms with Crippen LogP contribution in [0.15, 0.2) is 206 Å². The molecule has 75 heavy (non-hydrogen) atoms. The van der Waals surface area contributed by atoms with Gasteiger partial charge in [-0.2, -0.15) is 0 Å². The molecular weight excluding hydrogens is 1040 g/mol. The molecule has 6 aromatic carbocycles. The second-order valence-electron chi connectivity index (χ2n) is 17.9. The molecule has 0 bridgehead atoms. The van der Waals surface area contributed by atoms with Crippen LogP contribution in [0.1, 0.15) is 25.7 Å². The predicted octanol–water partition coefficient (Wildman–Crippen LogP) is 3.91. The van der Waals surface area contributed by atoms with E-state index in [0.717, 1.165) is 18.1 Å². The maximum atomic E-state index is 13.5. The molecule has 2 unspecified atom stereocenters.